The minimum atomic E-state index is 0.294. The van der Waals surface area contributed by atoms with E-state index in [1.807, 2.05) is 0 Å². The molecule has 0 spiro atoms. The summed E-state index contributed by atoms with van der Waals surface area (Å²) >= 11 is 5.61. The van der Waals surface area contributed by atoms with Crippen molar-refractivity contribution in [2.45, 2.75) is 0 Å². The molecule has 0 aliphatic heterocycles. The van der Waals surface area contributed by atoms with Crippen LogP contribution in [0.1, 0.15) is 0 Å². The van der Waals surface area contributed by atoms with Crippen LogP contribution >= 0.6 is 11.6 Å². The zero-order chi connectivity index (χ0) is 6.97. The van der Waals surface area contributed by atoms with E-state index in [9.17, 15) is 0 Å². The van der Waals surface area contributed by atoms with Crippen molar-refractivity contribution < 1.29 is 4.52 Å². The molecule has 0 aliphatic carbocycles. The summed E-state index contributed by atoms with van der Waals surface area (Å²) in [5, 5.41) is 3.79. The quantitative estimate of drug-likeness (QED) is 0.538. The second kappa shape index (κ2) is 1.91. The maximum Gasteiger partial charge on any atom is 0.222 e. The lowest BCUT2D eigenvalue weighted by Crippen LogP contribution is -1.77. The van der Waals surface area contributed by atoms with Gasteiger partial charge in [-0.25, -0.2) is 9.97 Å². The van der Waals surface area contributed by atoms with Crippen molar-refractivity contribution in [3.8, 4) is 0 Å². The van der Waals surface area contributed by atoms with E-state index in [0.29, 0.717) is 16.3 Å². The molecule has 10 heavy (non-hydrogen) atoms. The third-order valence-corrected chi connectivity index (χ3v) is 1.38. The van der Waals surface area contributed by atoms with Crippen LogP contribution in [0, 0.1) is 0 Å². The highest BCUT2D eigenvalue weighted by atomic mass is 35.5. The Morgan fingerprint density at radius 2 is 2.30 bits per heavy atom. The van der Waals surface area contributed by atoms with E-state index >= 15 is 0 Å². The van der Waals surface area contributed by atoms with Crippen molar-refractivity contribution in [1.82, 2.24) is 15.1 Å². The summed E-state index contributed by atoms with van der Waals surface area (Å²) in [6.45, 7) is 0. The van der Waals surface area contributed by atoms with Crippen molar-refractivity contribution in [2.75, 3.05) is 0 Å². The highest BCUT2D eigenvalue weighted by molar-refractivity contribution is 6.33. The van der Waals surface area contributed by atoms with Crippen LogP contribution in [-0.2, 0) is 0 Å². The summed E-state index contributed by atoms with van der Waals surface area (Å²) in [4.78, 5) is 7.55. The van der Waals surface area contributed by atoms with E-state index < -0.39 is 0 Å². The van der Waals surface area contributed by atoms with Gasteiger partial charge < -0.3 is 4.52 Å². The Hall–Kier alpha value is -1.16. The van der Waals surface area contributed by atoms with E-state index in [-0.39, 0.29) is 0 Å². The molecular weight excluding hydrogens is 154 g/mol. The van der Waals surface area contributed by atoms with E-state index in [4.69, 9.17) is 16.1 Å². The van der Waals surface area contributed by atoms with Crippen LogP contribution < -0.4 is 0 Å². The molecule has 0 fully saturated rings. The van der Waals surface area contributed by atoms with E-state index in [0.717, 1.165) is 0 Å². The molecule has 50 valence electrons. The predicted octanol–water partition coefficient (Wildman–Crippen LogP) is 1.27. The first-order chi connectivity index (χ1) is 4.88. The topological polar surface area (TPSA) is 51.8 Å². The van der Waals surface area contributed by atoms with Crippen LogP contribution in [0.25, 0.3) is 11.1 Å². The average Bonchev–Trinajstić information content (AvgIpc) is 2.36. The monoisotopic (exact) mass is 155 g/mol. The van der Waals surface area contributed by atoms with Gasteiger partial charge in [0.05, 0.1) is 6.20 Å². The maximum atomic E-state index is 5.61. The van der Waals surface area contributed by atoms with Gasteiger partial charge >= 0.3 is 0 Å². The summed E-state index contributed by atoms with van der Waals surface area (Å²) in [6, 6.07) is 0. The Kier molecular flexibility index (Phi) is 1.07. The van der Waals surface area contributed by atoms with Crippen molar-refractivity contribution >= 4 is 22.7 Å². The molecule has 2 heterocycles. The molecule has 0 aliphatic rings. The van der Waals surface area contributed by atoms with E-state index in [1.54, 1.807) is 0 Å². The molecular formula is C5H2ClN3O. The van der Waals surface area contributed by atoms with Gasteiger partial charge in [0.15, 0.2) is 5.15 Å². The molecule has 2 rings (SSSR count). The Balaban J connectivity index is 2.95. The summed E-state index contributed by atoms with van der Waals surface area (Å²) in [5.41, 5.74) is 1.06. The first kappa shape index (κ1) is 5.61. The maximum absolute atomic E-state index is 5.61. The molecule has 0 atom stereocenters. The largest absolute Gasteiger partial charge is 0.351 e. The fourth-order valence-electron chi connectivity index (χ4n) is 0.670. The van der Waals surface area contributed by atoms with Crippen LogP contribution in [0.5, 0.6) is 0 Å². The third-order valence-electron chi connectivity index (χ3n) is 1.11. The van der Waals surface area contributed by atoms with Crippen molar-refractivity contribution in [1.29, 1.82) is 0 Å². The van der Waals surface area contributed by atoms with Crippen molar-refractivity contribution in [3.05, 3.63) is 17.7 Å². The Morgan fingerprint density at radius 3 is 3.10 bits per heavy atom. The summed E-state index contributed by atoms with van der Waals surface area (Å²) in [5.74, 6) is 0. The van der Waals surface area contributed by atoms with Gasteiger partial charge in [-0.15, -0.1) is 0 Å². The van der Waals surface area contributed by atoms with Gasteiger partial charge in [0.25, 0.3) is 0 Å². The van der Waals surface area contributed by atoms with E-state index in [2.05, 4.69) is 15.1 Å². The number of aromatic nitrogens is 3. The third kappa shape index (κ3) is 0.657. The number of hydrogen-bond donors (Lipinski definition) is 0. The van der Waals surface area contributed by atoms with Crippen molar-refractivity contribution in [2.24, 2.45) is 0 Å². The molecule has 0 bridgehead atoms. The summed E-state index contributed by atoms with van der Waals surface area (Å²) < 4.78 is 4.74. The number of hydrogen-bond acceptors (Lipinski definition) is 4. The average molecular weight is 156 g/mol. The van der Waals surface area contributed by atoms with Gasteiger partial charge in [-0.05, 0) is 0 Å². The molecule has 0 saturated carbocycles. The fourth-order valence-corrected chi connectivity index (χ4v) is 0.845. The predicted molar refractivity (Wildman–Crippen MR) is 34.6 cm³/mol. The molecule has 0 amide bonds. The molecule has 0 radical (unpaired) electrons. The highest BCUT2D eigenvalue weighted by Gasteiger charge is 2.03. The second-order valence-corrected chi connectivity index (χ2v) is 2.06. The number of rotatable bonds is 0. The van der Waals surface area contributed by atoms with Gasteiger partial charge in [-0.3, -0.25) is 0 Å². The normalized spacial score (nSPS) is 10.5. The number of nitrogens with zero attached hydrogens (tertiary/aromatic N) is 3. The Bertz CT molecular complexity index is 358. The standard InChI is InChI=1S/C5H2ClN3O/c6-5-4-3(1-9-10-4)7-2-8-5/h1-2H. The molecule has 0 unspecified atom stereocenters. The first-order valence-corrected chi connectivity index (χ1v) is 2.96. The number of fused-ring (bicyclic) bond motifs is 1. The lowest BCUT2D eigenvalue weighted by molar-refractivity contribution is 0.455. The molecule has 2 aromatic heterocycles. The first-order valence-electron chi connectivity index (χ1n) is 2.59. The number of halogens is 1. The lowest BCUT2D eigenvalue weighted by atomic mass is 10.5. The van der Waals surface area contributed by atoms with Crippen molar-refractivity contribution in [3.63, 3.8) is 0 Å². The van der Waals surface area contributed by atoms with Gasteiger partial charge in [0.1, 0.15) is 11.8 Å². The molecule has 5 heteroatoms. The zero-order valence-corrected chi connectivity index (χ0v) is 5.54. The van der Waals surface area contributed by atoms with Gasteiger partial charge in [0, 0.05) is 0 Å². The van der Waals surface area contributed by atoms with Crippen LogP contribution in [0.2, 0.25) is 5.15 Å². The SMILES string of the molecule is Clc1ncnc2cnoc12. The van der Waals surface area contributed by atoms with Crippen LogP contribution in [0.4, 0.5) is 0 Å². The Morgan fingerprint density at radius 1 is 1.40 bits per heavy atom. The van der Waals surface area contributed by atoms with Gasteiger partial charge in [0.2, 0.25) is 5.58 Å². The molecule has 2 aromatic rings. The van der Waals surface area contributed by atoms with Gasteiger partial charge in [-0.1, -0.05) is 16.8 Å². The fraction of sp³-hybridized carbons (Fsp3) is 0. The second-order valence-electron chi connectivity index (χ2n) is 1.70. The minimum absolute atomic E-state index is 0.294. The molecule has 0 N–H and O–H groups in total. The summed E-state index contributed by atoms with van der Waals surface area (Å²) in [6.07, 6.45) is 2.85. The molecule has 0 saturated heterocycles. The van der Waals surface area contributed by atoms with E-state index in [1.165, 1.54) is 12.5 Å². The summed E-state index contributed by atoms with van der Waals surface area (Å²) in [7, 11) is 0. The van der Waals surface area contributed by atoms with Gasteiger partial charge in [-0.2, -0.15) is 0 Å². The smallest absolute Gasteiger partial charge is 0.222 e. The Labute approximate surface area is 60.8 Å². The lowest BCUT2D eigenvalue weighted by Gasteiger charge is -1.84. The zero-order valence-electron chi connectivity index (χ0n) is 4.78. The molecule has 4 nitrogen and oxygen atoms in total. The van der Waals surface area contributed by atoms with Crippen LogP contribution in [-0.4, -0.2) is 15.1 Å². The highest BCUT2D eigenvalue weighted by Crippen LogP contribution is 2.16. The minimum Gasteiger partial charge on any atom is -0.351 e. The van der Waals surface area contributed by atoms with Crippen LogP contribution in [0.3, 0.4) is 0 Å². The van der Waals surface area contributed by atoms with Crippen LogP contribution in [0.15, 0.2) is 17.0 Å². The molecule has 0 aromatic carbocycles.